The molecule has 3 nitrogen and oxygen atoms in total. The molecule has 0 bridgehead atoms. The Morgan fingerprint density at radius 2 is 1.79 bits per heavy atom. The average Bonchev–Trinajstić information content (AvgIpc) is 2.68. The first kappa shape index (κ1) is 20.2. The minimum absolute atomic E-state index is 0.00215. The lowest BCUT2D eigenvalue weighted by molar-refractivity contribution is 0.0723. The Morgan fingerprint density at radius 3 is 2.46 bits per heavy atom. The van der Waals surface area contributed by atoms with Gasteiger partial charge in [-0.2, -0.15) is 0 Å². The van der Waals surface area contributed by atoms with Crippen LogP contribution in [0.25, 0.3) is 0 Å². The van der Waals surface area contributed by atoms with Gasteiger partial charge in [-0.25, -0.2) is 13.2 Å². The summed E-state index contributed by atoms with van der Waals surface area (Å²) in [5.74, 6) is -5.42. The third kappa shape index (κ3) is 4.46. The molecule has 0 aliphatic heterocycles. The van der Waals surface area contributed by atoms with Gasteiger partial charge in [0.1, 0.15) is 0 Å². The van der Waals surface area contributed by atoms with Crippen LogP contribution in [0.1, 0.15) is 21.5 Å². The monoisotopic (exact) mass is 424 g/mol. The summed E-state index contributed by atoms with van der Waals surface area (Å²) in [4.78, 5) is 18.2. The van der Waals surface area contributed by atoms with E-state index in [1.807, 2.05) is 0 Å². The third-order valence-corrected chi connectivity index (χ3v) is 4.61. The number of halogens is 5. The van der Waals surface area contributed by atoms with Gasteiger partial charge in [-0.15, -0.1) is 0 Å². The average molecular weight is 425 g/mol. The lowest BCUT2D eigenvalue weighted by atomic mass is 10.1. The maximum atomic E-state index is 14.2. The molecule has 144 valence electrons. The minimum Gasteiger partial charge on any atom is -0.330 e. The fourth-order valence-corrected chi connectivity index (χ4v) is 3.10. The van der Waals surface area contributed by atoms with Crippen molar-refractivity contribution in [2.75, 3.05) is 0 Å². The zero-order valence-corrected chi connectivity index (χ0v) is 15.8. The van der Waals surface area contributed by atoms with E-state index in [1.54, 1.807) is 36.7 Å². The van der Waals surface area contributed by atoms with E-state index in [-0.39, 0.29) is 13.1 Å². The van der Waals surface area contributed by atoms with Gasteiger partial charge < -0.3 is 4.90 Å². The number of hydrogen-bond donors (Lipinski definition) is 0. The second-order valence-corrected chi connectivity index (χ2v) is 6.82. The standard InChI is InChI=1S/C20H13Cl2F3N2O/c21-14-4-3-13(16(22)8-14)11-27(10-12-2-1-7-26-9-12)20(28)15-5-6-17(23)19(25)18(15)24/h1-9H,10-11H2. The molecule has 0 saturated carbocycles. The smallest absolute Gasteiger partial charge is 0.257 e. The van der Waals surface area contributed by atoms with Crippen LogP contribution in [0, 0.1) is 17.5 Å². The van der Waals surface area contributed by atoms with E-state index in [1.165, 1.54) is 11.0 Å². The highest BCUT2D eigenvalue weighted by Gasteiger charge is 2.24. The maximum Gasteiger partial charge on any atom is 0.257 e. The van der Waals surface area contributed by atoms with Crippen LogP contribution in [0.5, 0.6) is 0 Å². The third-order valence-electron chi connectivity index (χ3n) is 4.03. The molecule has 0 atom stereocenters. The van der Waals surface area contributed by atoms with Gasteiger partial charge in [0, 0.05) is 35.5 Å². The van der Waals surface area contributed by atoms with Crippen molar-refractivity contribution in [1.29, 1.82) is 0 Å². The molecule has 0 N–H and O–H groups in total. The highest BCUT2D eigenvalue weighted by atomic mass is 35.5. The summed E-state index contributed by atoms with van der Waals surface area (Å²) in [6.07, 6.45) is 3.12. The van der Waals surface area contributed by atoms with Gasteiger partial charge in [-0.1, -0.05) is 35.3 Å². The Kier molecular flexibility index (Phi) is 6.21. The molecule has 1 amide bonds. The molecule has 1 heterocycles. The summed E-state index contributed by atoms with van der Waals surface area (Å²) in [5, 5.41) is 0.743. The largest absolute Gasteiger partial charge is 0.330 e. The first-order valence-corrected chi connectivity index (χ1v) is 8.88. The predicted octanol–water partition coefficient (Wildman–Crippen LogP) is 5.65. The van der Waals surface area contributed by atoms with Gasteiger partial charge in [0.2, 0.25) is 0 Å². The van der Waals surface area contributed by atoms with Crippen molar-refractivity contribution >= 4 is 29.1 Å². The van der Waals surface area contributed by atoms with Gasteiger partial charge in [0.05, 0.1) is 5.56 Å². The van der Waals surface area contributed by atoms with Crippen LogP contribution in [-0.4, -0.2) is 15.8 Å². The Hall–Kier alpha value is -2.57. The highest BCUT2D eigenvalue weighted by molar-refractivity contribution is 6.35. The minimum atomic E-state index is -1.70. The van der Waals surface area contributed by atoms with Crippen LogP contribution in [0.15, 0.2) is 54.9 Å². The molecular weight excluding hydrogens is 412 g/mol. The number of aromatic nitrogens is 1. The molecule has 8 heteroatoms. The lowest BCUT2D eigenvalue weighted by Gasteiger charge is -2.24. The number of amides is 1. The Bertz CT molecular complexity index is 1020. The highest BCUT2D eigenvalue weighted by Crippen LogP contribution is 2.25. The van der Waals surface area contributed by atoms with Gasteiger partial charge in [-0.05, 0) is 41.5 Å². The number of carbonyl (C=O) groups is 1. The zero-order valence-electron chi connectivity index (χ0n) is 14.3. The van der Waals surface area contributed by atoms with E-state index < -0.39 is 28.9 Å². The number of nitrogens with zero attached hydrogens (tertiary/aromatic N) is 2. The fourth-order valence-electron chi connectivity index (χ4n) is 2.63. The molecule has 1 aromatic heterocycles. The Labute approximate surface area is 169 Å². The number of carbonyl (C=O) groups excluding carboxylic acids is 1. The van der Waals surface area contributed by atoms with E-state index in [0.717, 1.165) is 6.07 Å². The molecule has 2 aromatic carbocycles. The van der Waals surface area contributed by atoms with E-state index >= 15 is 0 Å². The van der Waals surface area contributed by atoms with E-state index in [9.17, 15) is 18.0 Å². The Balaban J connectivity index is 1.98. The van der Waals surface area contributed by atoms with E-state index in [0.29, 0.717) is 27.2 Å². The molecule has 0 fully saturated rings. The topological polar surface area (TPSA) is 33.2 Å². The molecule has 28 heavy (non-hydrogen) atoms. The summed E-state index contributed by atoms with van der Waals surface area (Å²) in [6, 6.07) is 9.80. The summed E-state index contributed by atoms with van der Waals surface area (Å²) in [6.45, 7) is 0.0617. The summed E-state index contributed by atoms with van der Waals surface area (Å²) in [7, 11) is 0. The van der Waals surface area contributed by atoms with Crippen LogP contribution in [0.2, 0.25) is 10.0 Å². The molecule has 0 saturated heterocycles. The predicted molar refractivity (Wildman–Crippen MR) is 101 cm³/mol. The molecular formula is C20H13Cl2F3N2O. The number of hydrogen-bond acceptors (Lipinski definition) is 2. The number of rotatable bonds is 5. The first-order chi connectivity index (χ1) is 13.4. The molecule has 0 aliphatic rings. The van der Waals surface area contributed by atoms with Crippen molar-refractivity contribution in [2.24, 2.45) is 0 Å². The van der Waals surface area contributed by atoms with Crippen molar-refractivity contribution in [3.8, 4) is 0 Å². The fraction of sp³-hybridized carbons (Fsp3) is 0.100. The Morgan fingerprint density at radius 1 is 1.00 bits per heavy atom. The van der Waals surface area contributed by atoms with Crippen molar-refractivity contribution in [1.82, 2.24) is 9.88 Å². The van der Waals surface area contributed by atoms with Crippen LogP contribution in [0.4, 0.5) is 13.2 Å². The molecule has 3 rings (SSSR count). The SMILES string of the molecule is O=C(c1ccc(F)c(F)c1F)N(Cc1cccnc1)Cc1ccc(Cl)cc1Cl. The maximum absolute atomic E-state index is 14.2. The summed E-state index contributed by atoms with van der Waals surface area (Å²) < 4.78 is 41.0. The second-order valence-electron chi connectivity index (χ2n) is 5.98. The summed E-state index contributed by atoms with van der Waals surface area (Å²) in [5.41, 5.74) is 0.656. The molecule has 0 aliphatic carbocycles. The number of benzene rings is 2. The summed E-state index contributed by atoms with van der Waals surface area (Å²) >= 11 is 12.1. The van der Waals surface area contributed by atoms with Crippen molar-refractivity contribution in [2.45, 2.75) is 13.1 Å². The van der Waals surface area contributed by atoms with Gasteiger partial charge >= 0.3 is 0 Å². The van der Waals surface area contributed by atoms with Crippen LogP contribution in [0.3, 0.4) is 0 Å². The quantitative estimate of drug-likeness (QED) is 0.495. The first-order valence-electron chi connectivity index (χ1n) is 8.12. The van der Waals surface area contributed by atoms with Gasteiger partial charge in [-0.3, -0.25) is 9.78 Å². The van der Waals surface area contributed by atoms with E-state index in [2.05, 4.69) is 4.98 Å². The van der Waals surface area contributed by atoms with Gasteiger partial charge in [0.15, 0.2) is 17.5 Å². The zero-order chi connectivity index (χ0) is 20.3. The molecule has 0 unspecified atom stereocenters. The number of pyridine rings is 1. The van der Waals surface area contributed by atoms with Crippen LogP contribution < -0.4 is 0 Å². The molecule has 3 aromatic rings. The lowest BCUT2D eigenvalue weighted by Crippen LogP contribution is -2.31. The second kappa shape index (κ2) is 8.63. The van der Waals surface area contributed by atoms with Crippen molar-refractivity contribution in [3.05, 3.63) is 99.0 Å². The molecule has 0 spiro atoms. The van der Waals surface area contributed by atoms with Gasteiger partial charge in [0.25, 0.3) is 5.91 Å². The van der Waals surface area contributed by atoms with Crippen molar-refractivity contribution in [3.63, 3.8) is 0 Å². The molecule has 0 radical (unpaired) electrons. The normalized spacial score (nSPS) is 10.8. The van der Waals surface area contributed by atoms with E-state index in [4.69, 9.17) is 23.2 Å². The van der Waals surface area contributed by atoms with Crippen molar-refractivity contribution < 1.29 is 18.0 Å². The van der Waals surface area contributed by atoms with Crippen LogP contribution in [-0.2, 0) is 13.1 Å². The van der Waals surface area contributed by atoms with Crippen LogP contribution >= 0.6 is 23.2 Å².